The molecule has 100 valence electrons. The van der Waals surface area contributed by atoms with Crippen LogP contribution in [0.15, 0.2) is 41.4 Å². The molecule has 3 rings (SSSR count). The maximum atomic E-state index is 8.06. The van der Waals surface area contributed by atoms with Crippen molar-refractivity contribution in [1.29, 1.82) is 10.8 Å². The molecule has 5 nitrogen and oxygen atoms in total. The molecule has 2 aromatic heterocycles. The number of fused-ring (bicyclic) bond motifs is 1. The number of hydrogen-bond acceptors (Lipinski definition) is 6. The van der Waals surface area contributed by atoms with E-state index in [0.717, 1.165) is 20.8 Å². The molecule has 2 heterocycles. The zero-order valence-electron chi connectivity index (χ0n) is 10.6. The molecular weight excluding hydrogens is 290 g/mol. The van der Waals surface area contributed by atoms with Crippen LogP contribution in [0.3, 0.4) is 0 Å². The van der Waals surface area contributed by atoms with E-state index in [1.165, 1.54) is 27.8 Å². The second-order valence-electron chi connectivity index (χ2n) is 4.10. The molecular formula is C13H11N5S2. The van der Waals surface area contributed by atoms with Crippen LogP contribution in [0.2, 0.25) is 0 Å². The topological polar surface area (TPSA) is 78.4 Å². The third-order valence-corrected chi connectivity index (χ3v) is 4.26. The third-order valence-electron chi connectivity index (χ3n) is 2.66. The lowest BCUT2D eigenvalue weighted by atomic mass is 10.2. The zero-order valence-corrected chi connectivity index (χ0v) is 12.3. The summed E-state index contributed by atoms with van der Waals surface area (Å²) in [5.74, 6) is 0. The molecule has 1 aromatic carbocycles. The van der Waals surface area contributed by atoms with Gasteiger partial charge in [-0.3, -0.25) is 15.8 Å². The SMILES string of the molecule is Cc1nn(C(=N)Sc2ccc3ncccc3c2)c(=N)s1. The number of aryl methyl sites for hydroxylation is 1. The fourth-order valence-electron chi connectivity index (χ4n) is 1.80. The summed E-state index contributed by atoms with van der Waals surface area (Å²) in [5.41, 5.74) is 0.932. The van der Waals surface area contributed by atoms with Crippen molar-refractivity contribution in [2.75, 3.05) is 0 Å². The Bertz CT molecular complexity index is 849. The highest BCUT2D eigenvalue weighted by atomic mass is 32.2. The van der Waals surface area contributed by atoms with Gasteiger partial charge in [-0.2, -0.15) is 9.78 Å². The normalized spacial score (nSPS) is 10.8. The Morgan fingerprint density at radius 3 is 2.95 bits per heavy atom. The van der Waals surface area contributed by atoms with Gasteiger partial charge >= 0.3 is 0 Å². The molecule has 7 heteroatoms. The maximum Gasteiger partial charge on any atom is 0.207 e. The van der Waals surface area contributed by atoms with Crippen molar-refractivity contribution in [3.05, 3.63) is 46.3 Å². The minimum Gasteiger partial charge on any atom is -0.277 e. The van der Waals surface area contributed by atoms with Crippen LogP contribution in [0, 0.1) is 17.7 Å². The predicted octanol–water partition coefficient (Wildman–Crippen LogP) is 2.86. The van der Waals surface area contributed by atoms with Crippen LogP contribution in [0.4, 0.5) is 0 Å². The average Bonchev–Trinajstić information content (AvgIpc) is 2.78. The molecule has 0 saturated carbocycles. The second-order valence-corrected chi connectivity index (χ2v) is 6.35. The molecule has 0 atom stereocenters. The summed E-state index contributed by atoms with van der Waals surface area (Å²) >= 11 is 2.55. The van der Waals surface area contributed by atoms with Gasteiger partial charge in [-0.25, -0.2) is 0 Å². The number of rotatable bonds is 1. The summed E-state index contributed by atoms with van der Waals surface area (Å²) < 4.78 is 1.35. The van der Waals surface area contributed by atoms with E-state index < -0.39 is 0 Å². The van der Waals surface area contributed by atoms with E-state index in [1.807, 2.05) is 37.3 Å². The minimum absolute atomic E-state index is 0.225. The van der Waals surface area contributed by atoms with Crippen LogP contribution in [0.5, 0.6) is 0 Å². The van der Waals surface area contributed by atoms with E-state index >= 15 is 0 Å². The number of nitrogens with one attached hydrogen (secondary N) is 2. The second kappa shape index (κ2) is 5.18. The first kappa shape index (κ1) is 13.0. The standard InChI is InChI=1S/C13H11N5S2/c1-8-17-18(12(14)19-8)13(15)20-10-4-5-11-9(7-10)3-2-6-16-11/h2-7,14-15H,1H3. The van der Waals surface area contributed by atoms with E-state index in [0.29, 0.717) is 0 Å². The number of hydrogen-bond donors (Lipinski definition) is 2. The van der Waals surface area contributed by atoms with E-state index in [2.05, 4.69) is 10.1 Å². The van der Waals surface area contributed by atoms with Gasteiger partial charge in [0, 0.05) is 16.5 Å². The number of aromatic nitrogens is 3. The number of benzene rings is 1. The molecule has 0 amide bonds. The highest BCUT2D eigenvalue weighted by Gasteiger charge is 2.08. The zero-order chi connectivity index (χ0) is 14.1. The van der Waals surface area contributed by atoms with Gasteiger partial charge in [-0.1, -0.05) is 29.2 Å². The van der Waals surface area contributed by atoms with Crippen molar-refractivity contribution in [3.63, 3.8) is 0 Å². The van der Waals surface area contributed by atoms with Gasteiger partial charge in [0.15, 0.2) is 5.17 Å². The quantitative estimate of drug-likeness (QED) is 0.412. The fraction of sp³-hybridized carbons (Fsp3) is 0.0769. The van der Waals surface area contributed by atoms with Crippen molar-refractivity contribution in [2.24, 2.45) is 0 Å². The van der Waals surface area contributed by atoms with Gasteiger partial charge in [-0.15, -0.1) is 0 Å². The van der Waals surface area contributed by atoms with Gasteiger partial charge in [0.2, 0.25) is 4.80 Å². The molecule has 0 aliphatic heterocycles. The van der Waals surface area contributed by atoms with Crippen LogP contribution in [-0.2, 0) is 0 Å². The smallest absolute Gasteiger partial charge is 0.207 e. The van der Waals surface area contributed by atoms with E-state index in [-0.39, 0.29) is 9.97 Å². The van der Waals surface area contributed by atoms with Crippen LogP contribution in [0.1, 0.15) is 5.01 Å². The summed E-state index contributed by atoms with van der Waals surface area (Å²) in [6.07, 6.45) is 1.76. The summed E-state index contributed by atoms with van der Waals surface area (Å²) in [5, 5.41) is 22.0. The fourth-order valence-corrected chi connectivity index (χ4v) is 3.24. The molecule has 0 aliphatic carbocycles. The van der Waals surface area contributed by atoms with Crippen LogP contribution < -0.4 is 4.80 Å². The molecule has 0 bridgehead atoms. The number of pyridine rings is 1. The average molecular weight is 301 g/mol. The monoisotopic (exact) mass is 301 g/mol. The lowest BCUT2D eigenvalue weighted by Crippen LogP contribution is -2.20. The Balaban J connectivity index is 1.91. The molecule has 0 saturated heterocycles. The lowest BCUT2D eigenvalue weighted by Gasteiger charge is -2.04. The van der Waals surface area contributed by atoms with Crippen molar-refractivity contribution in [1.82, 2.24) is 14.8 Å². The van der Waals surface area contributed by atoms with Gasteiger partial charge in [0.25, 0.3) is 0 Å². The van der Waals surface area contributed by atoms with E-state index in [4.69, 9.17) is 10.8 Å². The maximum absolute atomic E-state index is 8.06. The molecule has 0 spiro atoms. The van der Waals surface area contributed by atoms with Gasteiger partial charge in [0.1, 0.15) is 5.01 Å². The summed E-state index contributed by atoms with van der Waals surface area (Å²) in [6, 6.07) is 9.74. The number of thioether (sulfide) groups is 1. The molecule has 0 fully saturated rings. The van der Waals surface area contributed by atoms with Crippen LogP contribution in [0.25, 0.3) is 10.9 Å². The first-order valence-corrected chi connectivity index (χ1v) is 7.50. The van der Waals surface area contributed by atoms with E-state index in [9.17, 15) is 0 Å². The predicted molar refractivity (Wildman–Crippen MR) is 81.4 cm³/mol. The van der Waals surface area contributed by atoms with Crippen molar-refractivity contribution in [2.45, 2.75) is 11.8 Å². The Morgan fingerprint density at radius 1 is 1.35 bits per heavy atom. The summed E-state index contributed by atoms with van der Waals surface area (Å²) in [7, 11) is 0. The first-order chi connectivity index (χ1) is 9.63. The van der Waals surface area contributed by atoms with Crippen molar-refractivity contribution in [3.8, 4) is 0 Å². The highest BCUT2D eigenvalue weighted by Crippen LogP contribution is 2.23. The van der Waals surface area contributed by atoms with Gasteiger partial charge in [0.05, 0.1) is 5.52 Å². The summed E-state index contributed by atoms with van der Waals surface area (Å²) in [4.78, 5) is 5.47. The number of nitrogens with zero attached hydrogens (tertiary/aromatic N) is 3. The van der Waals surface area contributed by atoms with Crippen LogP contribution >= 0.6 is 23.1 Å². The molecule has 2 N–H and O–H groups in total. The molecule has 0 unspecified atom stereocenters. The Labute approximate surface area is 123 Å². The Kier molecular flexibility index (Phi) is 3.37. The van der Waals surface area contributed by atoms with Gasteiger partial charge < -0.3 is 0 Å². The minimum atomic E-state index is 0.225. The van der Waals surface area contributed by atoms with Crippen molar-refractivity contribution < 1.29 is 0 Å². The molecule has 3 aromatic rings. The Hall–Kier alpha value is -1.99. The van der Waals surface area contributed by atoms with E-state index in [1.54, 1.807) is 6.20 Å². The highest BCUT2D eigenvalue weighted by molar-refractivity contribution is 8.13. The molecule has 0 aliphatic rings. The van der Waals surface area contributed by atoms with Crippen LogP contribution in [-0.4, -0.2) is 19.9 Å². The summed E-state index contributed by atoms with van der Waals surface area (Å²) in [6.45, 7) is 1.83. The third kappa shape index (κ3) is 2.50. The molecule has 0 radical (unpaired) electrons. The first-order valence-electron chi connectivity index (χ1n) is 5.86. The largest absolute Gasteiger partial charge is 0.277 e. The van der Waals surface area contributed by atoms with Crippen molar-refractivity contribution >= 4 is 39.2 Å². The molecule has 20 heavy (non-hydrogen) atoms. The Morgan fingerprint density at radius 2 is 2.20 bits per heavy atom. The lowest BCUT2D eigenvalue weighted by molar-refractivity contribution is 0.861. The van der Waals surface area contributed by atoms with Gasteiger partial charge in [-0.05, 0) is 31.2 Å².